The fraction of sp³-hybridized carbons (Fsp3) is 0.667. The molecule has 0 aromatic carbocycles. The largest absolute Gasteiger partial charge is 0.353 e. The van der Waals surface area contributed by atoms with Crippen molar-refractivity contribution < 1.29 is 14.3 Å². The van der Waals surface area contributed by atoms with Gasteiger partial charge in [-0.15, -0.1) is 0 Å². The van der Waals surface area contributed by atoms with Crippen molar-refractivity contribution >= 4 is 5.91 Å². The molecule has 0 radical (unpaired) electrons. The van der Waals surface area contributed by atoms with E-state index in [0.717, 1.165) is 43.6 Å². The van der Waals surface area contributed by atoms with Gasteiger partial charge in [0, 0.05) is 38.2 Å². The monoisotopic (exact) mass is 318 g/mol. The molecule has 2 aliphatic rings. The Balaban J connectivity index is 1.37. The maximum absolute atomic E-state index is 12.0. The molecule has 2 heterocycles. The van der Waals surface area contributed by atoms with Crippen LogP contribution in [-0.2, 0) is 20.7 Å². The van der Waals surface area contributed by atoms with Gasteiger partial charge in [-0.05, 0) is 42.9 Å². The molecule has 1 saturated carbocycles. The van der Waals surface area contributed by atoms with Crippen molar-refractivity contribution in [2.24, 2.45) is 5.92 Å². The quantitative estimate of drug-likeness (QED) is 0.906. The molecule has 1 saturated heterocycles. The van der Waals surface area contributed by atoms with E-state index in [1.807, 2.05) is 12.1 Å². The summed E-state index contributed by atoms with van der Waals surface area (Å²) in [6.07, 6.45) is 8.96. The van der Waals surface area contributed by atoms with E-state index < -0.39 is 0 Å². The molecular formula is C18H26N2O3. The van der Waals surface area contributed by atoms with Crippen LogP contribution in [-0.4, -0.2) is 35.9 Å². The van der Waals surface area contributed by atoms with Crippen LogP contribution in [0.25, 0.3) is 0 Å². The minimum absolute atomic E-state index is 0.0201. The molecule has 1 spiro atoms. The van der Waals surface area contributed by atoms with Gasteiger partial charge in [-0.3, -0.25) is 9.78 Å². The number of nitrogens with zero attached hydrogens (tertiary/aromatic N) is 1. The highest BCUT2D eigenvalue weighted by molar-refractivity contribution is 5.76. The number of rotatable bonds is 5. The first-order valence-electron chi connectivity index (χ1n) is 8.63. The second kappa shape index (κ2) is 7.41. The zero-order valence-electron chi connectivity index (χ0n) is 13.8. The van der Waals surface area contributed by atoms with Gasteiger partial charge in [0.05, 0.1) is 6.61 Å². The Bertz CT molecular complexity index is 512. The van der Waals surface area contributed by atoms with Gasteiger partial charge in [0.25, 0.3) is 0 Å². The van der Waals surface area contributed by atoms with Crippen molar-refractivity contribution in [1.29, 1.82) is 0 Å². The van der Waals surface area contributed by atoms with Crippen LogP contribution in [0.15, 0.2) is 24.5 Å². The number of amides is 1. The molecule has 5 heteroatoms. The SMILES string of the molecule is CC1CCC2(CC1)OC[C@H](CNC(=O)CCc1ccncc1)O2. The van der Waals surface area contributed by atoms with Gasteiger partial charge in [0.2, 0.25) is 5.91 Å². The zero-order valence-corrected chi connectivity index (χ0v) is 13.8. The summed E-state index contributed by atoms with van der Waals surface area (Å²) in [4.78, 5) is 15.9. The standard InChI is InChI=1S/C18H26N2O3/c1-14-4-8-18(9-5-14)22-13-16(23-18)12-20-17(21)3-2-15-6-10-19-11-7-15/h6-7,10-11,14,16H,2-5,8-9,12-13H2,1H3,(H,20,21)/t14?,16-,18?/m0/s1. The Morgan fingerprint density at radius 2 is 2.09 bits per heavy atom. The normalized spacial score (nSPS) is 30.5. The molecule has 2 fully saturated rings. The molecular weight excluding hydrogens is 292 g/mol. The van der Waals surface area contributed by atoms with Gasteiger partial charge in [0.1, 0.15) is 6.10 Å². The lowest BCUT2D eigenvalue weighted by Crippen LogP contribution is -2.38. The van der Waals surface area contributed by atoms with Crippen LogP contribution in [0, 0.1) is 5.92 Å². The summed E-state index contributed by atoms with van der Waals surface area (Å²) in [5.74, 6) is 0.447. The molecule has 1 aliphatic heterocycles. The van der Waals surface area contributed by atoms with Gasteiger partial charge < -0.3 is 14.8 Å². The van der Waals surface area contributed by atoms with E-state index >= 15 is 0 Å². The summed E-state index contributed by atoms with van der Waals surface area (Å²) in [6.45, 7) is 3.40. The number of ether oxygens (including phenoxy) is 2. The highest BCUT2D eigenvalue weighted by Crippen LogP contribution is 2.39. The molecule has 5 nitrogen and oxygen atoms in total. The Morgan fingerprint density at radius 3 is 2.83 bits per heavy atom. The number of aromatic nitrogens is 1. The summed E-state index contributed by atoms with van der Waals surface area (Å²) in [7, 11) is 0. The Hall–Kier alpha value is -1.46. The molecule has 1 N–H and O–H groups in total. The topological polar surface area (TPSA) is 60.5 Å². The predicted octanol–water partition coefficient (Wildman–Crippen LogP) is 2.45. The van der Waals surface area contributed by atoms with Crippen LogP contribution in [0.2, 0.25) is 0 Å². The number of carbonyl (C=O) groups is 1. The average molecular weight is 318 g/mol. The van der Waals surface area contributed by atoms with E-state index in [1.54, 1.807) is 12.4 Å². The minimum atomic E-state index is -0.376. The molecule has 1 amide bonds. The zero-order chi connectivity index (χ0) is 16.1. The van der Waals surface area contributed by atoms with E-state index in [-0.39, 0.29) is 17.8 Å². The summed E-state index contributed by atoms with van der Waals surface area (Å²) >= 11 is 0. The number of nitrogens with one attached hydrogen (secondary N) is 1. The first-order chi connectivity index (χ1) is 11.2. The number of aryl methyl sites for hydroxylation is 1. The van der Waals surface area contributed by atoms with E-state index in [2.05, 4.69) is 17.2 Å². The second-order valence-corrected chi connectivity index (χ2v) is 6.80. The van der Waals surface area contributed by atoms with Crippen LogP contribution < -0.4 is 5.32 Å². The van der Waals surface area contributed by atoms with E-state index in [0.29, 0.717) is 19.6 Å². The molecule has 1 aliphatic carbocycles. The molecule has 23 heavy (non-hydrogen) atoms. The average Bonchev–Trinajstić information content (AvgIpc) is 2.98. The van der Waals surface area contributed by atoms with Crippen molar-refractivity contribution in [3.8, 4) is 0 Å². The van der Waals surface area contributed by atoms with Gasteiger partial charge >= 0.3 is 0 Å². The first kappa shape index (κ1) is 16.4. The Kier molecular flexibility index (Phi) is 5.28. The highest BCUT2D eigenvalue weighted by Gasteiger charge is 2.43. The summed E-state index contributed by atoms with van der Waals surface area (Å²) in [5.41, 5.74) is 1.13. The van der Waals surface area contributed by atoms with Gasteiger partial charge in [-0.25, -0.2) is 0 Å². The van der Waals surface area contributed by atoms with Crippen LogP contribution in [0.4, 0.5) is 0 Å². The fourth-order valence-electron chi connectivity index (χ4n) is 3.30. The molecule has 3 rings (SSSR count). The fourth-order valence-corrected chi connectivity index (χ4v) is 3.30. The van der Waals surface area contributed by atoms with Crippen molar-refractivity contribution in [3.63, 3.8) is 0 Å². The third-order valence-corrected chi connectivity index (χ3v) is 4.87. The van der Waals surface area contributed by atoms with Crippen LogP contribution in [0.5, 0.6) is 0 Å². The maximum Gasteiger partial charge on any atom is 0.220 e. The maximum atomic E-state index is 12.0. The smallest absolute Gasteiger partial charge is 0.220 e. The number of hydrogen-bond acceptors (Lipinski definition) is 4. The van der Waals surface area contributed by atoms with Crippen LogP contribution in [0.1, 0.15) is 44.6 Å². The molecule has 1 atom stereocenters. The third kappa shape index (κ3) is 4.52. The van der Waals surface area contributed by atoms with Crippen LogP contribution in [0.3, 0.4) is 0 Å². The minimum Gasteiger partial charge on any atom is -0.353 e. The van der Waals surface area contributed by atoms with E-state index in [9.17, 15) is 4.79 Å². The van der Waals surface area contributed by atoms with Gasteiger partial charge in [-0.1, -0.05) is 6.92 Å². The van der Waals surface area contributed by atoms with Crippen molar-refractivity contribution in [1.82, 2.24) is 10.3 Å². The lowest BCUT2D eigenvalue weighted by molar-refractivity contribution is -0.191. The molecule has 0 bridgehead atoms. The number of hydrogen-bond donors (Lipinski definition) is 1. The number of carbonyl (C=O) groups excluding carboxylic acids is 1. The predicted molar refractivity (Wildman–Crippen MR) is 86.8 cm³/mol. The van der Waals surface area contributed by atoms with Gasteiger partial charge in [-0.2, -0.15) is 0 Å². The molecule has 1 aromatic rings. The molecule has 126 valence electrons. The lowest BCUT2D eigenvalue weighted by atomic mass is 9.86. The Morgan fingerprint density at radius 1 is 1.35 bits per heavy atom. The molecule has 0 unspecified atom stereocenters. The van der Waals surface area contributed by atoms with Gasteiger partial charge in [0.15, 0.2) is 5.79 Å². The van der Waals surface area contributed by atoms with Crippen molar-refractivity contribution in [2.45, 2.75) is 57.3 Å². The summed E-state index contributed by atoms with van der Waals surface area (Å²) in [5, 5.41) is 2.97. The third-order valence-electron chi connectivity index (χ3n) is 4.87. The van der Waals surface area contributed by atoms with Crippen LogP contribution >= 0.6 is 0 Å². The molecule has 1 aromatic heterocycles. The second-order valence-electron chi connectivity index (χ2n) is 6.80. The highest BCUT2D eigenvalue weighted by atomic mass is 16.7. The lowest BCUT2D eigenvalue weighted by Gasteiger charge is -2.34. The summed E-state index contributed by atoms with van der Waals surface area (Å²) in [6, 6.07) is 3.88. The van der Waals surface area contributed by atoms with E-state index in [4.69, 9.17) is 9.47 Å². The Labute approximate surface area is 137 Å². The van der Waals surface area contributed by atoms with E-state index in [1.165, 1.54) is 0 Å². The number of pyridine rings is 1. The summed E-state index contributed by atoms with van der Waals surface area (Å²) < 4.78 is 12.0. The van der Waals surface area contributed by atoms with Crippen molar-refractivity contribution in [2.75, 3.05) is 13.2 Å². The first-order valence-corrected chi connectivity index (χ1v) is 8.63. The van der Waals surface area contributed by atoms with Crippen molar-refractivity contribution in [3.05, 3.63) is 30.1 Å².